The molecule has 0 aliphatic carbocycles. The summed E-state index contributed by atoms with van der Waals surface area (Å²) in [4.78, 5) is 0. The molecule has 0 saturated carbocycles. The van der Waals surface area contributed by atoms with Gasteiger partial charge in [0.1, 0.15) is 0 Å². The molecule has 20 heavy (non-hydrogen) atoms. The Morgan fingerprint density at radius 3 is 2.20 bits per heavy atom. The van der Waals surface area contributed by atoms with Crippen molar-refractivity contribution in [2.24, 2.45) is 5.10 Å². The summed E-state index contributed by atoms with van der Waals surface area (Å²) in [5.74, 6) is 0. The Labute approximate surface area is 116 Å². The number of anilines is 2. The van der Waals surface area contributed by atoms with E-state index in [1.807, 2.05) is 12.1 Å². The highest BCUT2D eigenvalue weighted by Gasteiger charge is 2.28. The Hall–Kier alpha value is -1.98. The molecule has 0 saturated heterocycles. The molecular weight excluding hydrogens is 267 g/mol. The summed E-state index contributed by atoms with van der Waals surface area (Å²) in [6, 6.07) is 7.18. The fourth-order valence-corrected chi connectivity index (χ4v) is 1.76. The molecule has 0 radical (unpaired) electrons. The van der Waals surface area contributed by atoms with Crippen molar-refractivity contribution in [1.29, 1.82) is 0 Å². The van der Waals surface area contributed by atoms with Crippen LogP contribution in [0.1, 0.15) is 20.3 Å². The van der Waals surface area contributed by atoms with Gasteiger partial charge in [0.2, 0.25) is 0 Å². The van der Waals surface area contributed by atoms with Crippen LogP contribution < -0.4 is 10.3 Å². The molecule has 6 heteroatoms. The quantitative estimate of drug-likeness (QED) is 0.641. The van der Waals surface area contributed by atoms with Gasteiger partial charge < -0.3 is 5.32 Å². The molecule has 0 aromatic heterocycles. The van der Waals surface area contributed by atoms with Gasteiger partial charge in [0.25, 0.3) is 0 Å². The maximum absolute atomic E-state index is 12.4. The number of allylic oxidation sites excluding steroid dienone is 2. The minimum Gasteiger partial charge on any atom is -0.388 e. The number of nitrogens with zero attached hydrogens (tertiary/aromatic N) is 2. The molecule has 0 heterocycles. The Balaban J connectivity index is 3.04. The van der Waals surface area contributed by atoms with Crippen LogP contribution in [0.3, 0.4) is 0 Å². The highest BCUT2D eigenvalue weighted by Crippen LogP contribution is 2.29. The summed E-state index contributed by atoms with van der Waals surface area (Å²) >= 11 is 0. The molecule has 110 valence electrons. The zero-order valence-electron chi connectivity index (χ0n) is 11.8. The lowest BCUT2D eigenvalue weighted by molar-refractivity contribution is -0.127. The van der Waals surface area contributed by atoms with Crippen molar-refractivity contribution in [3.8, 4) is 0 Å². The Kier molecular flexibility index (Phi) is 5.19. The zero-order valence-corrected chi connectivity index (χ0v) is 11.8. The monoisotopic (exact) mass is 285 g/mol. The maximum Gasteiger partial charge on any atom is 0.392 e. The predicted molar refractivity (Wildman–Crippen MR) is 77.1 cm³/mol. The molecule has 1 aromatic rings. The third-order valence-corrected chi connectivity index (χ3v) is 2.94. The Morgan fingerprint density at radius 2 is 1.80 bits per heavy atom. The van der Waals surface area contributed by atoms with Gasteiger partial charge in [-0.25, -0.2) is 5.01 Å². The molecule has 0 spiro atoms. The second kappa shape index (κ2) is 6.45. The van der Waals surface area contributed by atoms with Crippen LogP contribution in [0, 0.1) is 0 Å². The van der Waals surface area contributed by atoms with Gasteiger partial charge in [-0.05, 0) is 43.7 Å². The minimum absolute atomic E-state index is 0.211. The summed E-state index contributed by atoms with van der Waals surface area (Å²) in [6.07, 6.45) is -5.19. The van der Waals surface area contributed by atoms with Crippen LogP contribution in [0.5, 0.6) is 0 Å². The summed E-state index contributed by atoms with van der Waals surface area (Å²) in [5, 5.41) is 8.17. The highest BCUT2D eigenvalue weighted by molar-refractivity contribution is 5.58. The number of halogens is 3. The molecule has 1 aromatic carbocycles. The van der Waals surface area contributed by atoms with E-state index in [0.29, 0.717) is 11.4 Å². The third-order valence-electron chi connectivity index (χ3n) is 2.94. The van der Waals surface area contributed by atoms with Crippen LogP contribution >= 0.6 is 0 Å². The number of rotatable bonds is 5. The molecule has 0 amide bonds. The van der Waals surface area contributed by atoms with Gasteiger partial charge in [0, 0.05) is 25.1 Å². The topological polar surface area (TPSA) is 27.6 Å². The van der Waals surface area contributed by atoms with E-state index in [0.717, 1.165) is 5.69 Å². The number of hydrogen-bond acceptors (Lipinski definition) is 3. The standard InChI is InChI=1S/C14H18F3N3/c1-10(9-14(15,16)17)11(2)20(19-4)13-7-5-12(18-3)6-8-13/h5-8,18H,4,9H2,1-3H3/b11-10+. The van der Waals surface area contributed by atoms with Crippen molar-refractivity contribution in [3.63, 3.8) is 0 Å². The number of hydrazone groups is 1. The molecule has 0 bridgehead atoms. The van der Waals surface area contributed by atoms with Gasteiger partial charge in [-0.1, -0.05) is 0 Å². The van der Waals surface area contributed by atoms with Gasteiger partial charge in [-0.15, -0.1) is 0 Å². The molecule has 1 N–H and O–H groups in total. The molecule has 3 nitrogen and oxygen atoms in total. The van der Waals surface area contributed by atoms with E-state index in [2.05, 4.69) is 17.1 Å². The second-order valence-corrected chi connectivity index (χ2v) is 4.41. The fraction of sp³-hybridized carbons (Fsp3) is 0.357. The second-order valence-electron chi connectivity index (χ2n) is 4.41. The van der Waals surface area contributed by atoms with Crippen LogP contribution in [0.25, 0.3) is 0 Å². The van der Waals surface area contributed by atoms with E-state index >= 15 is 0 Å². The van der Waals surface area contributed by atoms with Gasteiger partial charge in [0.05, 0.1) is 12.1 Å². The maximum atomic E-state index is 12.4. The number of benzene rings is 1. The molecule has 0 aliphatic rings. The van der Waals surface area contributed by atoms with Gasteiger partial charge in [-0.2, -0.15) is 18.3 Å². The van der Waals surface area contributed by atoms with E-state index < -0.39 is 12.6 Å². The lowest BCUT2D eigenvalue weighted by Gasteiger charge is -2.22. The number of alkyl halides is 3. The van der Waals surface area contributed by atoms with Gasteiger partial charge in [-0.3, -0.25) is 0 Å². The zero-order chi connectivity index (χ0) is 15.3. The Bertz CT molecular complexity index is 489. The minimum atomic E-state index is -4.23. The highest BCUT2D eigenvalue weighted by atomic mass is 19.4. The molecule has 0 fully saturated rings. The summed E-state index contributed by atoms with van der Waals surface area (Å²) in [5.41, 5.74) is 2.21. The average Bonchev–Trinajstić information content (AvgIpc) is 2.38. The van der Waals surface area contributed by atoms with Crippen molar-refractivity contribution in [2.45, 2.75) is 26.4 Å². The predicted octanol–water partition coefficient (Wildman–Crippen LogP) is 4.40. The van der Waals surface area contributed by atoms with Crippen molar-refractivity contribution >= 4 is 18.1 Å². The van der Waals surface area contributed by atoms with E-state index in [-0.39, 0.29) is 5.57 Å². The molecule has 0 atom stereocenters. The lowest BCUT2D eigenvalue weighted by atomic mass is 10.1. The first-order chi connectivity index (χ1) is 9.28. The molecule has 0 aliphatic heterocycles. The van der Waals surface area contributed by atoms with Crippen LogP contribution in [-0.4, -0.2) is 19.9 Å². The SMILES string of the molecule is C=NN(/C(C)=C(\C)CC(F)(F)F)c1ccc(NC)cc1. The van der Waals surface area contributed by atoms with E-state index in [4.69, 9.17) is 0 Å². The van der Waals surface area contributed by atoms with Crippen LogP contribution in [0.15, 0.2) is 40.6 Å². The fourth-order valence-electron chi connectivity index (χ4n) is 1.76. The van der Waals surface area contributed by atoms with E-state index in [9.17, 15) is 13.2 Å². The Morgan fingerprint density at radius 1 is 1.25 bits per heavy atom. The first-order valence-corrected chi connectivity index (χ1v) is 6.06. The number of nitrogens with one attached hydrogen (secondary N) is 1. The molecule has 0 unspecified atom stereocenters. The summed E-state index contributed by atoms with van der Waals surface area (Å²) in [6.45, 7) is 6.47. The first kappa shape index (κ1) is 16.1. The van der Waals surface area contributed by atoms with Crippen molar-refractivity contribution in [3.05, 3.63) is 35.5 Å². The van der Waals surface area contributed by atoms with Crippen LogP contribution in [-0.2, 0) is 0 Å². The molecule has 1 rings (SSSR count). The number of hydrogen-bond donors (Lipinski definition) is 1. The smallest absolute Gasteiger partial charge is 0.388 e. The largest absolute Gasteiger partial charge is 0.392 e. The van der Waals surface area contributed by atoms with Gasteiger partial charge in [0.15, 0.2) is 0 Å². The van der Waals surface area contributed by atoms with Crippen molar-refractivity contribution in [2.75, 3.05) is 17.4 Å². The lowest BCUT2D eigenvalue weighted by Crippen LogP contribution is -2.17. The van der Waals surface area contributed by atoms with Crippen LogP contribution in [0.2, 0.25) is 0 Å². The van der Waals surface area contributed by atoms with Crippen molar-refractivity contribution in [1.82, 2.24) is 0 Å². The van der Waals surface area contributed by atoms with E-state index in [1.165, 1.54) is 11.9 Å². The van der Waals surface area contributed by atoms with Gasteiger partial charge >= 0.3 is 6.18 Å². The van der Waals surface area contributed by atoms with Crippen molar-refractivity contribution < 1.29 is 13.2 Å². The third kappa shape index (κ3) is 4.29. The molecular formula is C14H18F3N3. The van der Waals surface area contributed by atoms with Crippen LogP contribution in [0.4, 0.5) is 24.5 Å². The summed E-state index contributed by atoms with van der Waals surface area (Å²) < 4.78 is 37.3. The normalized spacial score (nSPS) is 12.7. The average molecular weight is 285 g/mol. The first-order valence-electron chi connectivity index (χ1n) is 6.06. The summed E-state index contributed by atoms with van der Waals surface area (Å²) in [7, 11) is 1.79. The van der Waals surface area contributed by atoms with E-state index in [1.54, 1.807) is 26.1 Å².